The van der Waals surface area contributed by atoms with Crippen LogP contribution in [-0.4, -0.2) is 52.2 Å². The number of hydrogen-bond acceptors (Lipinski definition) is 5. The highest BCUT2D eigenvalue weighted by molar-refractivity contribution is 5.77. The predicted octanol–water partition coefficient (Wildman–Crippen LogP) is 1.81. The number of carbonyl (C=O) groups excluding carboxylic acids is 1. The molecule has 0 N–H and O–H groups in total. The molecular weight excluding hydrogens is 282 g/mol. The summed E-state index contributed by atoms with van der Waals surface area (Å²) in [5, 5.41) is 0. The summed E-state index contributed by atoms with van der Waals surface area (Å²) in [7, 11) is 0. The maximum absolute atomic E-state index is 12.0. The molecule has 6 heteroatoms. The summed E-state index contributed by atoms with van der Waals surface area (Å²) in [6.45, 7) is 4.15. The highest BCUT2D eigenvalue weighted by atomic mass is 16.5. The van der Waals surface area contributed by atoms with Gasteiger partial charge < -0.3 is 14.4 Å². The third-order valence-corrected chi connectivity index (χ3v) is 4.33. The number of amides is 1. The van der Waals surface area contributed by atoms with Crippen LogP contribution in [0.5, 0.6) is 5.88 Å². The number of rotatable bonds is 5. The van der Waals surface area contributed by atoms with E-state index < -0.39 is 0 Å². The van der Waals surface area contributed by atoms with Crippen LogP contribution in [0.3, 0.4) is 0 Å². The summed E-state index contributed by atoms with van der Waals surface area (Å²) >= 11 is 0. The highest BCUT2D eigenvalue weighted by Crippen LogP contribution is 2.35. The lowest BCUT2D eigenvalue weighted by Gasteiger charge is -2.52. The number of likely N-dealkylation sites (tertiary alicyclic amines) is 1. The molecule has 0 aromatic carbocycles. The zero-order chi connectivity index (χ0) is 15.4. The lowest BCUT2D eigenvalue weighted by Crippen LogP contribution is -2.67. The highest BCUT2D eigenvalue weighted by Gasteiger charge is 2.49. The monoisotopic (exact) mass is 305 g/mol. The standard InChI is InChI=1S/C16H23N3O3/c1-2-3-4-15(20)19-11-16(12-19)9-13(5-8-21-16)22-14-10-17-6-7-18-14/h6-7,10,13H,2-5,8-9,11-12H2,1H3. The molecule has 2 aliphatic heterocycles. The normalized spacial score (nSPS) is 23.1. The molecule has 0 saturated carbocycles. The number of aromatic nitrogens is 2. The first-order valence-electron chi connectivity index (χ1n) is 8.05. The number of carbonyl (C=O) groups is 1. The molecule has 3 heterocycles. The van der Waals surface area contributed by atoms with Gasteiger partial charge in [0.25, 0.3) is 0 Å². The fraction of sp³-hybridized carbons (Fsp3) is 0.688. The van der Waals surface area contributed by atoms with Crippen molar-refractivity contribution in [3.8, 4) is 5.88 Å². The van der Waals surface area contributed by atoms with Crippen molar-refractivity contribution >= 4 is 5.91 Å². The molecule has 6 nitrogen and oxygen atoms in total. The summed E-state index contributed by atoms with van der Waals surface area (Å²) in [6, 6.07) is 0. The van der Waals surface area contributed by atoms with Crippen molar-refractivity contribution in [2.75, 3.05) is 19.7 Å². The summed E-state index contributed by atoms with van der Waals surface area (Å²) in [5.74, 6) is 0.799. The van der Waals surface area contributed by atoms with Gasteiger partial charge in [-0.15, -0.1) is 0 Å². The van der Waals surface area contributed by atoms with E-state index in [9.17, 15) is 4.79 Å². The van der Waals surface area contributed by atoms with Crippen molar-refractivity contribution in [3.63, 3.8) is 0 Å². The van der Waals surface area contributed by atoms with Crippen molar-refractivity contribution in [1.82, 2.24) is 14.9 Å². The van der Waals surface area contributed by atoms with Gasteiger partial charge in [0.15, 0.2) is 0 Å². The van der Waals surface area contributed by atoms with E-state index in [0.717, 1.165) is 25.7 Å². The van der Waals surface area contributed by atoms with Gasteiger partial charge in [-0.05, 0) is 6.42 Å². The van der Waals surface area contributed by atoms with E-state index in [1.807, 2.05) is 4.90 Å². The van der Waals surface area contributed by atoms with E-state index >= 15 is 0 Å². The molecule has 0 aliphatic carbocycles. The lowest BCUT2D eigenvalue weighted by molar-refractivity contribution is -0.193. The van der Waals surface area contributed by atoms with Crippen LogP contribution in [0.25, 0.3) is 0 Å². The number of hydrogen-bond donors (Lipinski definition) is 0. The number of unbranched alkanes of at least 4 members (excludes halogenated alkanes) is 1. The maximum atomic E-state index is 12.0. The average Bonchev–Trinajstić information content (AvgIpc) is 2.51. The second kappa shape index (κ2) is 6.60. The SMILES string of the molecule is CCCCC(=O)N1CC2(CC(Oc3cnccn3)CCO2)C1. The van der Waals surface area contributed by atoms with Crippen LogP contribution in [0, 0.1) is 0 Å². The van der Waals surface area contributed by atoms with E-state index in [2.05, 4.69) is 16.9 Å². The van der Waals surface area contributed by atoms with Crippen LogP contribution >= 0.6 is 0 Å². The Balaban J connectivity index is 1.51. The Morgan fingerprint density at radius 2 is 2.36 bits per heavy atom. The lowest BCUT2D eigenvalue weighted by atomic mass is 9.84. The van der Waals surface area contributed by atoms with Gasteiger partial charge in [-0.25, -0.2) is 4.98 Å². The van der Waals surface area contributed by atoms with E-state index in [4.69, 9.17) is 9.47 Å². The van der Waals surface area contributed by atoms with Gasteiger partial charge in [0, 0.05) is 31.7 Å². The summed E-state index contributed by atoms with van der Waals surface area (Å²) in [4.78, 5) is 22.1. The van der Waals surface area contributed by atoms with Gasteiger partial charge in [0.2, 0.25) is 11.8 Å². The molecule has 1 aromatic rings. The molecular formula is C16H23N3O3. The molecule has 1 atom stereocenters. The molecule has 2 saturated heterocycles. The van der Waals surface area contributed by atoms with E-state index in [-0.39, 0.29) is 17.6 Å². The smallest absolute Gasteiger partial charge is 0.232 e. The molecule has 3 rings (SSSR count). The average molecular weight is 305 g/mol. The van der Waals surface area contributed by atoms with Gasteiger partial charge in [0.05, 0.1) is 25.9 Å². The Morgan fingerprint density at radius 3 is 3.09 bits per heavy atom. The van der Waals surface area contributed by atoms with Gasteiger partial charge in [0.1, 0.15) is 11.7 Å². The topological polar surface area (TPSA) is 64.6 Å². The fourth-order valence-electron chi connectivity index (χ4n) is 3.13. The zero-order valence-corrected chi connectivity index (χ0v) is 13.0. The predicted molar refractivity (Wildman–Crippen MR) is 80.5 cm³/mol. The van der Waals surface area contributed by atoms with Gasteiger partial charge in [-0.1, -0.05) is 13.3 Å². The van der Waals surface area contributed by atoms with Crippen molar-refractivity contribution in [1.29, 1.82) is 0 Å². The van der Waals surface area contributed by atoms with Gasteiger partial charge in [-0.2, -0.15) is 0 Å². The van der Waals surface area contributed by atoms with Crippen molar-refractivity contribution in [2.24, 2.45) is 0 Å². The van der Waals surface area contributed by atoms with Crippen molar-refractivity contribution in [3.05, 3.63) is 18.6 Å². The Morgan fingerprint density at radius 1 is 1.50 bits per heavy atom. The second-order valence-electron chi connectivity index (χ2n) is 6.16. The minimum absolute atomic E-state index is 0.0818. The number of ether oxygens (including phenoxy) is 2. The third-order valence-electron chi connectivity index (χ3n) is 4.33. The largest absolute Gasteiger partial charge is 0.473 e. The zero-order valence-electron chi connectivity index (χ0n) is 13.0. The number of nitrogens with zero attached hydrogens (tertiary/aromatic N) is 3. The first kappa shape index (κ1) is 15.2. The van der Waals surface area contributed by atoms with E-state index in [1.165, 1.54) is 0 Å². The van der Waals surface area contributed by atoms with Crippen LogP contribution < -0.4 is 4.74 Å². The Hall–Kier alpha value is -1.69. The summed E-state index contributed by atoms with van der Waals surface area (Å²) in [6.07, 6.45) is 9.28. The minimum Gasteiger partial charge on any atom is -0.473 e. The minimum atomic E-state index is -0.215. The van der Waals surface area contributed by atoms with Crippen molar-refractivity contribution < 1.29 is 14.3 Å². The Kier molecular flexibility index (Phi) is 4.57. The van der Waals surface area contributed by atoms with Crippen LogP contribution in [-0.2, 0) is 9.53 Å². The molecule has 2 aliphatic rings. The van der Waals surface area contributed by atoms with Crippen LogP contribution in [0.15, 0.2) is 18.6 Å². The molecule has 0 bridgehead atoms. The summed E-state index contributed by atoms with van der Waals surface area (Å²) < 4.78 is 11.8. The Labute approximate surface area is 130 Å². The first-order chi connectivity index (χ1) is 10.7. The molecule has 120 valence electrons. The van der Waals surface area contributed by atoms with Crippen LogP contribution in [0.1, 0.15) is 39.0 Å². The molecule has 22 heavy (non-hydrogen) atoms. The fourth-order valence-corrected chi connectivity index (χ4v) is 3.13. The van der Waals surface area contributed by atoms with Crippen molar-refractivity contribution in [2.45, 2.75) is 50.7 Å². The van der Waals surface area contributed by atoms with E-state index in [1.54, 1.807) is 18.6 Å². The van der Waals surface area contributed by atoms with Crippen LogP contribution in [0.2, 0.25) is 0 Å². The first-order valence-corrected chi connectivity index (χ1v) is 8.05. The van der Waals surface area contributed by atoms with E-state index in [0.29, 0.717) is 32.0 Å². The van der Waals surface area contributed by atoms with Crippen LogP contribution in [0.4, 0.5) is 0 Å². The van der Waals surface area contributed by atoms with Gasteiger partial charge in [-0.3, -0.25) is 9.78 Å². The quantitative estimate of drug-likeness (QED) is 0.830. The molecule has 1 spiro atoms. The Bertz CT molecular complexity index is 503. The molecule has 0 radical (unpaired) electrons. The molecule has 1 amide bonds. The van der Waals surface area contributed by atoms with Gasteiger partial charge >= 0.3 is 0 Å². The second-order valence-corrected chi connectivity index (χ2v) is 6.16. The molecule has 1 aromatic heterocycles. The molecule has 2 fully saturated rings. The maximum Gasteiger partial charge on any atom is 0.232 e. The summed E-state index contributed by atoms with van der Waals surface area (Å²) in [5.41, 5.74) is -0.215. The third kappa shape index (κ3) is 3.38. The molecule has 1 unspecified atom stereocenters.